The summed E-state index contributed by atoms with van der Waals surface area (Å²) in [6.07, 6.45) is 1.91. The lowest BCUT2D eigenvalue weighted by Crippen LogP contribution is -2.06. The summed E-state index contributed by atoms with van der Waals surface area (Å²) in [6.45, 7) is 5.38. The van der Waals surface area contributed by atoms with E-state index in [0.717, 1.165) is 12.8 Å². The van der Waals surface area contributed by atoms with Crippen molar-refractivity contribution in [2.75, 3.05) is 11.9 Å². The molecule has 0 aliphatic rings. The van der Waals surface area contributed by atoms with E-state index in [4.69, 9.17) is 11.6 Å². The number of Topliss-reactive ketones (excluding diaryl/α,β-unsaturated/α-hetero) is 1. The summed E-state index contributed by atoms with van der Waals surface area (Å²) >= 11 is 4.85. The van der Waals surface area contributed by atoms with Gasteiger partial charge < -0.3 is 10.1 Å². The van der Waals surface area contributed by atoms with Crippen LogP contribution in [-0.2, 0) is 9.53 Å². The van der Waals surface area contributed by atoms with E-state index >= 15 is 0 Å². The molecule has 0 radical (unpaired) electrons. The number of carbonyl (C=O) groups excluding carboxylic acids is 3. The molecule has 1 amide bonds. The van der Waals surface area contributed by atoms with Gasteiger partial charge in [-0.2, -0.15) is 0 Å². The van der Waals surface area contributed by atoms with E-state index in [1.807, 2.05) is 6.92 Å². The summed E-state index contributed by atoms with van der Waals surface area (Å²) in [4.78, 5) is 31.5. The summed E-state index contributed by atoms with van der Waals surface area (Å²) in [5.41, 5.74) is 0.546. The molecule has 5 nitrogen and oxygen atoms in total. The van der Waals surface area contributed by atoms with Crippen LogP contribution < -0.4 is 5.32 Å². The lowest BCUT2D eigenvalue weighted by Gasteiger charge is -2.02. The van der Waals surface area contributed by atoms with Crippen molar-refractivity contribution in [1.29, 1.82) is 0 Å². The zero-order chi connectivity index (χ0) is 16.3. The fourth-order valence-electron chi connectivity index (χ4n) is 1.32. The number of hydrogen-bond donors (Lipinski definition) is 1. The van der Waals surface area contributed by atoms with Crippen molar-refractivity contribution in [2.45, 2.75) is 33.6 Å². The van der Waals surface area contributed by atoms with Gasteiger partial charge in [-0.1, -0.05) is 25.5 Å². The number of benzene rings is 1. The highest BCUT2D eigenvalue weighted by Gasteiger charge is 2.00. The van der Waals surface area contributed by atoms with Crippen LogP contribution in [0.4, 0.5) is 10.5 Å². The van der Waals surface area contributed by atoms with Gasteiger partial charge in [-0.15, -0.1) is 0 Å². The number of anilines is 1. The molecule has 0 spiro atoms. The molecule has 0 aliphatic heterocycles. The lowest BCUT2D eigenvalue weighted by atomic mass is 10.1. The van der Waals surface area contributed by atoms with Gasteiger partial charge in [0.1, 0.15) is 0 Å². The molecule has 116 valence electrons. The van der Waals surface area contributed by atoms with Crippen molar-refractivity contribution in [3.05, 3.63) is 29.8 Å². The minimum absolute atomic E-state index is 0.00722. The maximum atomic E-state index is 11.0. The van der Waals surface area contributed by atoms with Crippen molar-refractivity contribution < 1.29 is 19.1 Å². The van der Waals surface area contributed by atoms with Crippen molar-refractivity contribution >= 4 is 34.4 Å². The predicted molar refractivity (Wildman–Crippen MR) is 82.9 cm³/mol. The Hall–Kier alpha value is -1.88. The number of hydrogen-bond acceptors (Lipinski definition) is 4. The quantitative estimate of drug-likeness (QED) is 0.506. The summed E-state index contributed by atoms with van der Waals surface area (Å²) in [5.74, 6) is -0.145. The Morgan fingerprint density at radius 1 is 1.24 bits per heavy atom. The number of halogens is 1. The molecular formula is C15H20ClNO4. The Bertz CT molecular complexity index is 488. The molecule has 0 fully saturated rings. The van der Waals surface area contributed by atoms with E-state index in [-0.39, 0.29) is 11.7 Å². The Morgan fingerprint density at radius 2 is 1.90 bits per heavy atom. The highest BCUT2D eigenvalue weighted by Crippen LogP contribution is 2.10. The minimum Gasteiger partial charge on any atom is -0.454 e. The highest BCUT2D eigenvalue weighted by molar-refractivity contribution is 6.61. The standard InChI is InChI=1S/C10H11NO2.C5H9ClO2/c1-7(12)9-4-3-5-10(6-9)11-8(2)13;1-2-3-4-8-5(6)7/h3-6H,1-2H3,(H,11,13);2-4H2,1H3. The molecule has 6 heteroatoms. The second-order valence-electron chi connectivity index (χ2n) is 4.26. The average Bonchev–Trinajstić information content (AvgIpc) is 2.39. The van der Waals surface area contributed by atoms with Crippen LogP contribution in [0.1, 0.15) is 44.0 Å². The molecule has 0 unspecified atom stereocenters. The fraction of sp³-hybridized carbons (Fsp3) is 0.400. The molecule has 0 heterocycles. The maximum absolute atomic E-state index is 11.0. The van der Waals surface area contributed by atoms with E-state index in [0.29, 0.717) is 17.9 Å². The van der Waals surface area contributed by atoms with Crippen molar-refractivity contribution in [3.8, 4) is 0 Å². The van der Waals surface area contributed by atoms with E-state index < -0.39 is 5.43 Å². The third-order valence-electron chi connectivity index (χ3n) is 2.30. The van der Waals surface area contributed by atoms with Crippen LogP contribution in [0.5, 0.6) is 0 Å². The third kappa shape index (κ3) is 10.6. The minimum atomic E-state index is -0.710. The normalized spacial score (nSPS) is 9.14. The highest BCUT2D eigenvalue weighted by atomic mass is 35.5. The van der Waals surface area contributed by atoms with E-state index in [2.05, 4.69) is 10.1 Å². The molecule has 1 rings (SSSR count). The van der Waals surface area contributed by atoms with Crippen LogP contribution in [-0.4, -0.2) is 23.7 Å². The van der Waals surface area contributed by atoms with Gasteiger partial charge in [0.05, 0.1) is 6.61 Å². The topological polar surface area (TPSA) is 72.5 Å². The summed E-state index contributed by atoms with van der Waals surface area (Å²) in [7, 11) is 0. The first-order valence-electron chi connectivity index (χ1n) is 6.57. The zero-order valence-corrected chi connectivity index (χ0v) is 13.2. The largest absolute Gasteiger partial charge is 0.454 e. The number of unbranched alkanes of at least 4 members (excludes halogenated alkanes) is 1. The summed E-state index contributed by atoms with van der Waals surface area (Å²) in [5, 5.41) is 2.61. The summed E-state index contributed by atoms with van der Waals surface area (Å²) in [6, 6.07) is 6.85. The molecule has 21 heavy (non-hydrogen) atoms. The van der Waals surface area contributed by atoms with Crippen LogP contribution in [0.15, 0.2) is 24.3 Å². The lowest BCUT2D eigenvalue weighted by molar-refractivity contribution is -0.114. The second kappa shape index (κ2) is 10.9. The van der Waals surface area contributed by atoms with E-state index in [1.54, 1.807) is 24.3 Å². The molecular weight excluding hydrogens is 294 g/mol. The number of ether oxygens (including phenoxy) is 1. The van der Waals surface area contributed by atoms with Gasteiger partial charge in [0.25, 0.3) is 0 Å². The van der Waals surface area contributed by atoms with Gasteiger partial charge >= 0.3 is 5.43 Å². The third-order valence-corrected chi connectivity index (χ3v) is 2.41. The van der Waals surface area contributed by atoms with Crippen molar-refractivity contribution in [1.82, 2.24) is 0 Å². The zero-order valence-electron chi connectivity index (χ0n) is 12.4. The number of rotatable bonds is 5. The Kier molecular flexibility index (Phi) is 9.88. The molecule has 0 aliphatic carbocycles. The molecule has 0 atom stereocenters. The Labute approximate surface area is 129 Å². The van der Waals surface area contributed by atoms with Gasteiger partial charge in [-0.05, 0) is 25.5 Å². The first kappa shape index (κ1) is 19.1. The van der Waals surface area contributed by atoms with Gasteiger partial charge in [0.15, 0.2) is 5.78 Å². The van der Waals surface area contributed by atoms with E-state index in [1.165, 1.54) is 13.8 Å². The van der Waals surface area contributed by atoms with Crippen LogP contribution in [0.25, 0.3) is 0 Å². The first-order valence-corrected chi connectivity index (χ1v) is 6.95. The maximum Gasteiger partial charge on any atom is 0.403 e. The van der Waals surface area contributed by atoms with Crippen LogP contribution in [0.3, 0.4) is 0 Å². The van der Waals surface area contributed by atoms with Crippen molar-refractivity contribution in [3.63, 3.8) is 0 Å². The summed E-state index contributed by atoms with van der Waals surface area (Å²) < 4.78 is 4.41. The predicted octanol–water partition coefficient (Wildman–Crippen LogP) is 4.01. The molecule has 1 aromatic rings. The van der Waals surface area contributed by atoms with Gasteiger partial charge in [0.2, 0.25) is 5.91 Å². The average molecular weight is 314 g/mol. The number of carbonyl (C=O) groups is 3. The van der Waals surface area contributed by atoms with Crippen molar-refractivity contribution in [2.24, 2.45) is 0 Å². The fourth-order valence-corrected chi connectivity index (χ4v) is 1.39. The molecule has 1 N–H and O–H groups in total. The number of nitrogens with one attached hydrogen (secondary N) is 1. The van der Waals surface area contributed by atoms with Gasteiger partial charge in [-0.3, -0.25) is 9.59 Å². The Morgan fingerprint density at radius 3 is 2.38 bits per heavy atom. The van der Waals surface area contributed by atoms with Crippen LogP contribution >= 0.6 is 11.6 Å². The molecule has 1 aromatic carbocycles. The smallest absolute Gasteiger partial charge is 0.403 e. The molecule has 0 aromatic heterocycles. The number of amides is 1. The number of ketones is 1. The molecule has 0 saturated carbocycles. The van der Waals surface area contributed by atoms with Crippen LogP contribution in [0.2, 0.25) is 0 Å². The second-order valence-corrected chi connectivity index (χ2v) is 4.57. The molecule has 0 bridgehead atoms. The SMILES string of the molecule is CC(=O)Nc1cccc(C(C)=O)c1.CCCCOC(=O)Cl. The first-order chi connectivity index (χ1) is 9.86. The van der Waals surface area contributed by atoms with E-state index in [9.17, 15) is 14.4 Å². The van der Waals surface area contributed by atoms with Gasteiger partial charge in [-0.25, -0.2) is 4.79 Å². The Balaban J connectivity index is 0.000000433. The van der Waals surface area contributed by atoms with Crippen LogP contribution in [0, 0.1) is 0 Å². The van der Waals surface area contributed by atoms with Gasteiger partial charge in [0, 0.05) is 29.8 Å². The molecule has 0 saturated heterocycles. The monoisotopic (exact) mass is 313 g/mol.